The predicted molar refractivity (Wildman–Crippen MR) is 576 cm³/mol. The van der Waals surface area contributed by atoms with Gasteiger partial charge in [-0.25, -0.2) is 28.8 Å². The van der Waals surface area contributed by atoms with Gasteiger partial charge in [-0.2, -0.15) is 0 Å². The molecular weight excluding hydrogens is 2050 g/mol. The third kappa shape index (κ3) is 47.8. The zero-order chi connectivity index (χ0) is 113. The normalized spacial score (nSPS) is 11.4. The number of aromatic carboxylic acids is 1. The molecule has 2 heterocycles. The molecule has 46 heteroatoms. The van der Waals surface area contributed by atoms with Crippen LogP contribution in [-0.4, -0.2) is 213 Å². The van der Waals surface area contributed by atoms with Crippen LogP contribution in [0.3, 0.4) is 0 Å². The molecule has 0 unspecified atom stereocenters. The van der Waals surface area contributed by atoms with Gasteiger partial charge < -0.3 is 104 Å². The molecule has 828 valence electrons. The molecular formula is C102H158AlBrClLiN6O35Si. The monoisotopic (exact) mass is 2200 g/mol. The number of nitrogens with two attached hydrogens (primary N) is 1. The fourth-order valence-corrected chi connectivity index (χ4v) is 13.9. The Morgan fingerprint density at radius 1 is 0.486 bits per heavy atom. The molecule has 1 aliphatic rings. The van der Waals surface area contributed by atoms with Gasteiger partial charge in [-0.3, -0.25) is 50.0 Å². The summed E-state index contributed by atoms with van der Waals surface area (Å²) in [6.45, 7) is 54.5. The molecule has 0 aliphatic carbocycles. The van der Waals surface area contributed by atoms with E-state index in [-0.39, 0.29) is 140 Å². The van der Waals surface area contributed by atoms with Gasteiger partial charge in [-0.05, 0) is 151 Å². The summed E-state index contributed by atoms with van der Waals surface area (Å²) in [5, 5.41) is 99.6. The van der Waals surface area contributed by atoms with Crippen molar-refractivity contribution in [2.75, 3.05) is 95.6 Å². The van der Waals surface area contributed by atoms with E-state index in [1.807, 2.05) is 138 Å². The van der Waals surface area contributed by atoms with E-state index in [9.17, 15) is 99.2 Å². The van der Waals surface area contributed by atoms with Crippen molar-refractivity contribution in [3.05, 3.63) is 213 Å². The van der Waals surface area contributed by atoms with Crippen LogP contribution >= 0.6 is 27.5 Å². The maximum Gasteiger partial charge on any atom is 1.00 e. The van der Waals surface area contributed by atoms with E-state index in [0.29, 0.717) is 71.5 Å². The van der Waals surface area contributed by atoms with Crippen LogP contribution in [-0.2, 0) is 105 Å². The molecule has 0 spiro atoms. The number of aliphatic hydroxyl groups is 2. The Labute approximate surface area is 906 Å². The Hall–Kier alpha value is -11.8. The fraction of sp³-hybridized carbons (Fsp3) is 0.529. The number of carboxylic acids is 1. The number of nitrogens with zero attached hydrogens (tertiary/aromatic N) is 4. The van der Waals surface area contributed by atoms with Gasteiger partial charge in [0, 0.05) is 127 Å². The minimum absolute atomic E-state index is 0. The van der Waals surface area contributed by atoms with Crippen molar-refractivity contribution in [3.63, 3.8) is 0 Å². The van der Waals surface area contributed by atoms with Crippen LogP contribution in [0.15, 0.2) is 112 Å². The molecule has 0 bridgehead atoms. The quantitative estimate of drug-likeness (QED) is 0.00404. The van der Waals surface area contributed by atoms with Crippen molar-refractivity contribution in [1.29, 1.82) is 0 Å². The second-order valence-electron chi connectivity index (χ2n) is 40.5. The maximum absolute atomic E-state index is 11.9. The number of allylic oxidation sites excluding steroid dienone is 1. The first-order chi connectivity index (χ1) is 65.7. The number of ether oxygens (including phenoxy) is 12. The van der Waals surface area contributed by atoms with Gasteiger partial charge in [0.15, 0.2) is 17.4 Å². The first-order valence-corrected chi connectivity index (χ1v) is 49.0. The summed E-state index contributed by atoms with van der Waals surface area (Å²) in [6, 6.07) is 21.2. The van der Waals surface area contributed by atoms with Crippen molar-refractivity contribution in [3.8, 4) is 28.7 Å². The van der Waals surface area contributed by atoms with Gasteiger partial charge in [0.2, 0.25) is 13.7 Å². The number of anilines is 1. The van der Waals surface area contributed by atoms with Gasteiger partial charge >= 0.3 is 60.8 Å². The topological polar surface area (TPSA) is 592 Å². The number of phenolic OH excluding ortho intramolecular Hbond substituents is 3. The standard InChI is InChI=1S/C18H25NO8.C18H27NO6.C15H21NO5.C14H21NO4.C10H12BrNO3.C10H7NO3.C8H18O2Si.C4H8O.C2H3ClO2.CH4O.2CH4.Al.Li.4H/c1-17(2,3)11-8-12(18(4,5)10-26-15(20)24-6)14(27-16(21)25-7)9-13(11)19(22)23;1-17(2,3)11-8-12(18(4,5)10-24-15(20)22-6)14(9-13(11)19)25-16(21)23-7;1-14(2,3)9-7-10(15(4,5)13(18)21-6)12(17)8-11(9)16(19)20;1-13(2,3)9-6-10(14(4,5)8-16)12(17)7-11(9)15(18)19;1-10(2,3)6-4-7(11)9(13)5-8(6)12(14)15;12-9-6-3-1-2-4-8(6)11-5-7(9)10(13)14;1-7(2)8(9-3)10-11(4,5)6;1-2-4-5-3-1;1-5-2(3)4;1-2;;;;;;;;/h8-9H,10H2,1-7H3;8-9H,10,19H2,1-7H3;7-8,17H,1-6H3;6-7,16-17H,8H2,1-5H3;4-5,13H,1-3H3;1-5H,(H,11,12)(H,13,14);1-6H3;1-4H2;1H3;2H,1H3;2*1H4;;;;;;/q;;;;;;;;;;;;;+1;;;;-1. The molecule has 1 aliphatic heterocycles. The molecule has 148 heavy (non-hydrogen) atoms. The number of pyridine rings is 1. The number of aromatic hydroxyl groups is 3. The Morgan fingerprint density at radius 2 is 0.818 bits per heavy atom. The molecule has 0 saturated carbocycles. The number of nitrogens with one attached hydrogen (secondary N) is 1. The number of esters is 1. The van der Waals surface area contributed by atoms with E-state index in [0.717, 1.165) is 44.6 Å². The van der Waals surface area contributed by atoms with E-state index in [2.05, 4.69) is 75.8 Å². The number of aromatic amines is 1. The summed E-state index contributed by atoms with van der Waals surface area (Å²) >= 11 is 7.75. The maximum atomic E-state index is 11.9. The summed E-state index contributed by atoms with van der Waals surface area (Å²) < 4.78 is 63.3. The number of aliphatic hydroxyl groups excluding tert-OH is 2. The van der Waals surface area contributed by atoms with Crippen molar-refractivity contribution in [2.24, 2.45) is 0 Å². The molecule has 8 rings (SSSR count). The summed E-state index contributed by atoms with van der Waals surface area (Å²) in [6.07, 6.45) is 0.256. The summed E-state index contributed by atoms with van der Waals surface area (Å²) in [5.41, 5.74) is 6.02. The number of halogens is 2. The van der Waals surface area contributed by atoms with E-state index < -0.39 is 113 Å². The number of phenols is 3. The van der Waals surface area contributed by atoms with E-state index in [1.54, 1.807) is 97.2 Å². The second-order valence-corrected chi connectivity index (χ2v) is 46.1. The van der Waals surface area contributed by atoms with Crippen LogP contribution in [0.2, 0.25) is 19.6 Å². The molecule has 0 atom stereocenters. The molecule has 0 amide bonds. The molecule has 0 radical (unpaired) electrons. The minimum atomic E-state index is -1.49. The number of hydrogen-bond donors (Lipinski definition) is 8. The van der Waals surface area contributed by atoms with Gasteiger partial charge in [-0.1, -0.05) is 172 Å². The molecule has 9 N–H and O–H groups in total. The van der Waals surface area contributed by atoms with Crippen molar-refractivity contribution >= 4 is 135 Å². The largest absolute Gasteiger partial charge is 1.00 e. The number of carbonyl (C=O) groups excluding carboxylic acids is 6. The zero-order valence-electron chi connectivity index (χ0n) is 91.3. The number of nitro groups is 4. The number of carbonyl (C=O) groups is 7. The summed E-state index contributed by atoms with van der Waals surface area (Å²) in [4.78, 5) is 135. The van der Waals surface area contributed by atoms with E-state index >= 15 is 0 Å². The number of aromatic nitrogens is 1. The Kier molecular flexibility index (Phi) is 63.4. The number of methoxy groups -OCH3 is 7. The Morgan fingerprint density at radius 3 is 1.12 bits per heavy atom. The second kappa shape index (κ2) is 63.9. The first-order valence-electron chi connectivity index (χ1n) is 44.4. The Balaban J connectivity index is -0.000000312. The number of nitro benzene ring substituents is 4. The van der Waals surface area contributed by atoms with E-state index in [4.69, 9.17) is 53.5 Å². The number of benzene rings is 6. The van der Waals surface area contributed by atoms with Gasteiger partial charge in [0.1, 0.15) is 47.5 Å². The van der Waals surface area contributed by atoms with Gasteiger partial charge in [0.05, 0.1) is 110 Å². The average Bonchev–Trinajstić information content (AvgIpc) is 0.914. The third-order valence-corrected chi connectivity index (χ3v) is 22.1. The SMILES string of the molecule is C.C.C1CCOC1.CC(C)(C)c1cc(Br)c(O)cc1[N+](=O)[O-].CC(C)(C)c1cc(C(C)(C)CO)c(O)cc1[N+](=O)[O-].CO.COC(=O)C(C)(C)c1cc(C(C)(C)C)c([N+](=O)[O-])cc1O.COC(=O)Cl.COC(=O)OCC(C)(C)c1cc(C(C)(C)C)c(N)cc1OC(=O)OC.COC(=O)OCC(C)(C)c1cc(C(C)(C)C)c([N+](=O)[O-])cc1OC(=O)OC.COC(O[Si](C)(C)C)=C(C)C.O=C(O)c1c[nH]c2ccccc2c1=O.[AlH3].[H-].[Li+]. The van der Waals surface area contributed by atoms with Crippen molar-refractivity contribution < 1.29 is 165 Å². The van der Waals surface area contributed by atoms with Gasteiger partial charge in [-0.15, -0.1) is 0 Å². The molecule has 7 aromatic rings. The number of fused-ring (bicyclic) bond motifs is 1. The van der Waals surface area contributed by atoms with Crippen LogP contribution in [0.4, 0.5) is 52.4 Å². The fourth-order valence-electron chi connectivity index (χ4n) is 12.7. The number of hydrogen-bond acceptors (Lipinski definition) is 35. The molecule has 1 fully saturated rings. The smallest absolute Gasteiger partial charge is 1.00 e. The van der Waals surface area contributed by atoms with Crippen LogP contribution < -0.4 is 39.5 Å². The van der Waals surface area contributed by atoms with Crippen LogP contribution in [0, 0.1) is 40.5 Å². The molecule has 6 aromatic carbocycles. The molecule has 1 saturated heterocycles. The van der Waals surface area contributed by atoms with Crippen molar-refractivity contribution in [1.82, 2.24) is 4.98 Å². The van der Waals surface area contributed by atoms with Crippen LogP contribution in [0.5, 0.6) is 28.7 Å². The molecule has 1 aromatic heterocycles. The van der Waals surface area contributed by atoms with Crippen molar-refractivity contribution in [2.45, 2.75) is 269 Å². The average molecular weight is 2210 g/mol. The van der Waals surface area contributed by atoms with Crippen LogP contribution in [0.1, 0.15) is 263 Å². The summed E-state index contributed by atoms with van der Waals surface area (Å²) in [7, 11) is 8.41. The van der Waals surface area contributed by atoms with E-state index in [1.165, 1.54) is 78.9 Å². The minimum Gasteiger partial charge on any atom is -1.00 e. The number of nitrogen functional groups attached to an aromatic ring is 1. The van der Waals surface area contributed by atoms with Gasteiger partial charge in [0.25, 0.3) is 28.7 Å². The summed E-state index contributed by atoms with van der Waals surface area (Å²) in [5.74, 6) is -1.39. The zero-order valence-corrected chi connectivity index (χ0v) is 93.6. The number of rotatable bonds is 20. The van der Waals surface area contributed by atoms with Crippen LogP contribution in [0.25, 0.3) is 10.9 Å². The third-order valence-electron chi connectivity index (χ3n) is 20.5. The number of H-pyrrole nitrogens is 1. The predicted octanol–water partition coefficient (Wildman–Crippen LogP) is 19.7. The number of para-hydroxylation sites is 1. The Bertz CT molecular complexity index is 5660. The number of carboxylic acid groups (broad SMARTS) is 1. The molecule has 41 nitrogen and oxygen atoms in total. The first kappa shape index (κ1) is 147.